The predicted octanol–water partition coefficient (Wildman–Crippen LogP) is 4.09. The number of aromatic nitrogens is 3. The van der Waals surface area contributed by atoms with Crippen LogP contribution < -0.4 is 0 Å². The third kappa shape index (κ3) is 3.85. The second-order valence-corrected chi connectivity index (χ2v) is 5.51. The van der Waals surface area contributed by atoms with Crippen LogP contribution in [0.2, 0.25) is 0 Å². The third-order valence-corrected chi connectivity index (χ3v) is 3.84. The SMILES string of the molecule is CCOC(C)c1ccc(-c2ccc(Cn3ccnc3)cn2)cc1. The molecular formula is C19H21N3O. The summed E-state index contributed by atoms with van der Waals surface area (Å²) in [5.74, 6) is 0. The smallest absolute Gasteiger partial charge is 0.0949 e. The Morgan fingerprint density at radius 1 is 1.13 bits per heavy atom. The molecule has 0 amide bonds. The van der Waals surface area contributed by atoms with Crippen LogP contribution in [0.25, 0.3) is 11.3 Å². The van der Waals surface area contributed by atoms with Crippen molar-refractivity contribution in [2.24, 2.45) is 0 Å². The fraction of sp³-hybridized carbons (Fsp3) is 0.263. The molecule has 0 N–H and O–H groups in total. The van der Waals surface area contributed by atoms with Crippen LogP contribution in [0.5, 0.6) is 0 Å². The van der Waals surface area contributed by atoms with Crippen molar-refractivity contribution in [1.29, 1.82) is 0 Å². The van der Waals surface area contributed by atoms with Crippen molar-refractivity contribution in [3.05, 3.63) is 72.4 Å². The Kier molecular flexibility index (Phi) is 4.83. The van der Waals surface area contributed by atoms with Crippen LogP contribution >= 0.6 is 0 Å². The number of hydrogen-bond acceptors (Lipinski definition) is 3. The van der Waals surface area contributed by atoms with Gasteiger partial charge in [0.05, 0.1) is 18.1 Å². The number of imidazole rings is 1. The van der Waals surface area contributed by atoms with Gasteiger partial charge in [-0.2, -0.15) is 0 Å². The van der Waals surface area contributed by atoms with Crippen LogP contribution in [0.3, 0.4) is 0 Å². The van der Waals surface area contributed by atoms with E-state index in [1.54, 1.807) is 6.20 Å². The first-order valence-electron chi connectivity index (χ1n) is 7.89. The van der Waals surface area contributed by atoms with Crippen LogP contribution in [-0.2, 0) is 11.3 Å². The third-order valence-electron chi connectivity index (χ3n) is 3.84. The lowest BCUT2D eigenvalue weighted by atomic mass is 10.1. The number of rotatable bonds is 6. The molecule has 118 valence electrons. The number of pyridine rings is 1. The van der Waals surface area contributed by atoms with Gasteiger partial charge in [0.1, 0.15) is 0 Å². The molecule has 3 aromatic rings. The van der Waals surface area contributed by atoms with Crippen LogP contribution in [0.1, 0.15) is 31.1 Å². The second-order valence-electron chi connectivity index (χ2n) is 5.51. The average molecular weight is 307 g/mol. The normalized spacial score (nSPS) is 12.3. The first-order valence-corrected chi connectivity index (χ1v) is 7.89. The molecule has 4 heteroatoms. The molecule has 0 fully saturated rings. The molecule has 0 aliphatic heterocycles. The Morgan fingerprint density at radius 2 is 1.96 bits per heavy atom. The first kappa shape index (κ1) is 15.4. The Bertz CT molecular complexity index is 718. The van der Waals surface area contributed by atoms with E-state index in [2.05, 4.69) is 53.3 Å². The van der Waals surface area contributed by atoms with Gasteiger partial charge in [0, 0.05) is 37.3 Å². The van der Waals surface area contributed by atoms with Gasteiger partial charge in [-0.25, -0.2) is 4.98 Å². The van der Waals surface area contributed by atoms with Crippen LogP contribution in [0.4, 0.5) is 0 Å². The van der Waals surface area contributed by atoms with E-state index < -0.39 is 0 Å². The van der Waals surface area contributed by atoms with E-state index in [1.807, 2.05) is 30.2 Å². The van der Waals surface area contributed by atoms with Gasteiger partial charge in [0.2, 0.25) is 0 Å². The van der Waals surface area contributed by atoms with E-state index in [0.717, 1.165) is 30.0 Å². The largest absolute Gasteiger partial charge is 0.374 e. The highest BCUT2D eigenvalue weighted by atomic mass is 16.5. The van der Waals surface area contributed by atoms with Crippen LogP contribution in [0, 0.1) is 0 Å². The van der Waals surface area contributed by atoms with Crippen LogP contribution in [-0.4, -0.2) is 21.1 Å². The van der Waals surface area contributed by atoms with Gasteiger partial charge in [0.15, 0.2) is 0 Å². The predicted molar refractivity (Wildman–Crippen MR) is 91.0 cm³/mol. The van der Waals surface area contributed by atoms with Crippen molar-refractivity contribution in [3.8, 4) is 11.3 Å². The summed E-state index contributed by atoms with van der Waals surface area (Å²) in [7, 11) is 0. The molecule has 0 saturated carbocycles. The summed E-state index contributed by atoms with van der Waals surface area (Å²) >= 11 is 0. The lowest BCUT2D eigenvalue weighted by Crippen LogP contribution is -1.99. The fourth-order valence-electron chi connectivity index (χ4n) is 2.55. The Balaban J connectivity index is 1.71. The van der Waals surface area contributed by atoms with E-state index in [-0.39, 0.29) is 6.10 Å². The van der Waals surface area contributed by atoms with Crippen molar-refractivity contribution in [3.63, 3.8) is 0 Å². The minimum Gasteiger partial charge on any atom is -0.374 e. The second kappa shape index (κ2) is 7.20. The Morgan fingerprint density at radius 3 is 2.57 bits per heavy atom. The Labute approximate surface area is 136 Å². The van der Waals surface area contributed by atoms with Gasteiger partial charge < -0.3 is 9.30 Å². The molecule has 3 rings (SSSR count). The van der Waals surface area contributed by atoms with Gasteiger partial charge in [0.25, 0.3) is 0 Å². The summed E-state index contributed by atoms with van der Waals surface area (Å²) in [6, 6.07) is 12.6. The van der Waals surface area contributed by atoms with E-state index >= 15 is 0 Å². The van der Waals surface area contributed by atoms with Crippen molar-refractivity contribution in [1.82, 2.24) is 14.5 Å². The molecule has 0 aliphatic carbocycles. The highest BCUT2D eigenvalue weighted by Gasteiger charge is 2.06. The summed E-state index contributed by atoms with van der Waals surface area (Å²) < 4.78 is 7.64. The van der Waals surface area contributed by atoms with Crippen molar-refractivity contribution in [2.75, 3.05) is 6.61 Å². The maximum Gasteiger partial charge on any atom is 0.0949 e. The molecule has 0 radical (unpaired) electrons. The zero-order valence-corrected chi connectivity index (χ0v) is 13.5. The van der Waals surface area contributed by atoms with Crippen molar-refractivity contribution >= 4 is 0 Å². The van der Waals surface area contributed by atoms with Gasteiger partial charge in [-0.05, 0) is 31.0 Å². The molecule has 0 spiro atoms. The molecule has 0 aliphatic rings. The molecule has 2 heterocycles. The summed E-state index contributed by atoms with van der Waals surface area (Å²) in [4.78, 5) is 8.63. The minimum atomic E-state index is 0.125. The highest BCUT2D eigenvalue weighted by molar-refractivity contribution is 5.59. The zero-order chi connectivity index (χ0) is 16.1. The quantitative estimate of drug-likeness (QED) is 0.688. The van der Waals surface area contributed by atoms with E-state index in [0.29, 0.717) is 0 Å². The summed E-state index contributed by atoms with van der Waals surface area (Å²) in [6.45, 7) is 5.60. The van der Waals surface area contributed by atoms with E-state index in [9.17, 15) is 0 Å². The molecule has 0 bridgehead atoms. The summed E-state index contributed by atoms with van der Waals surface area (Å²) in [5, 5.41) is 0. The number of hydrogen-bond donors (Lipinski definition) is 0. The molecule has 23 heavy (non-hydrogen) atoms. The van der Waals surface area contributed by atoms with Crippen molar-refractivity contribution in [2.45, 2.75) is 26.5 Å². The van der Waals surface area contributed by atoms with E-state index in [1.165, 1.54) is 5.56 Å². The van der Waals surface area contributed by atoms with Gasteiger partial charge >= 0.3 is 0 Å². The number of nitrogens with zero attached hydrogens (tertiary/aromatic N) is 3. The van der Waals surface area contributed by atoms with Gasteiger partial charge in [-0.3, -0.25) is 4.98 Å². The number of benzene rings is 1. The minimum absolute atomic E-state index is 0.125. The lowest BCUT2D eigenvalue weighted by molar-refractivity contribution is 0.0764. The molecular weight excluding hydrogens is 286 g/mol. The molecule has 0 saturated heterocycles. The van der Waals surface area contributed by atoms with E-state index in [4.69, 9.17) is 4.74 Å². The molecule has 1 atom stereocenters. The van der Waals surface area contributed by atoms with Crippen LogP contribution in [0.15, 0.2) is 61.3 Å². The maximum absolute atomic E-state index is 5.62. The molecule has 1 unspecified atom stereocenters. The Hall–Kier alpha value is -2.46. The zero-order valence-electron chi connectivity index (χ0n) is 13.5. The highest BCUT2D eigenvalue weighted by Crippen LogP contribution is 2.22. The first-order chi connectivity index (χ1) is 11.3. The summed E-state index contributed by atoms with van der Waals surface area (Å²) in [6.07, 6.45) is 7.59. The molecule has 2 aromatic heterocycles. The van der Waals surface area contributed by atoms with Gasteiger partial charge in [-0.15, -0.1) is 0 Å². The number of ether oxygens (including phenoxy) is 1. The van der Waals surface area contributed by atoms with Crippen molar-refractivity contribution < 1.29 is 4.74 Å². The lowest BCUT2D eigenvalue weighted by Gasteiger charge is -2.12. The standard InChI is InChI=1S/C19H21N3O/c1-3-23-15(2)17-5-7-18(8-6-17)19-9-4-16(12-21-19)13-22-11-10-20-14-22/h4-12,14-15H,3,13H2,1-2H3. The maximum atomic E-state index is 5.62. The topological polar surface area (TPSA) is 39.9 Å². The fourth-order valence-corrected chi connectivity index (χ4v) is 2.55. The summed E-state index contributed by atoms with van der Waals surface area (Å²) in [5.41, 5.74) is 4.45. The average Bonchev–Trinajstić information content (AvgIpc) is 3.09. The van der Waals surface area contributed by atoms with Gasteiger partial charge in [-0.1, -0.05) is 30.3 Å². The molecule has 1 aromatic carbocycles. The molecule has 4 nitrogen and oxygen atoms in total. The monoisotopic (exact) mass is 307 g/mol.